The first-order chi connectivity index (χ1) is 7.53. The van der Waals surface area contributed by atoms with E-state index in [1.165, 1.54) is 0 Å². The van der Waals surface area contributed by atoms with Gasteiger partial charge in [0.25, 0.3) is 5.56 Å². The SMILES string of the molecule is CC(C)C1(C)C=Cc2cc[nH]c(=O)c2C=C1. The third-order valence-corrected chi connectivity index (χ3v) is 3.51. The van der Waals surface area contributed by atoms with Crippen LogP contribution in [0.15, 0.2) is 29.2 Å². The average molecular weight is 215 g/mol. The zero-order valence-electron chi connectivity index (χ0n) is 9.95. The summed E-state index contributed by atoms with van der Waals surface area (Å²) in [6, 6.07) is 1.93. The predicted molar refractivity (Wildman–Crippen MR) is 68.1 cm³/mol. The molecule has 16 heavy (non-hydrogen) atoms. The van der Waals surface area contributed by atoms with E-state index in [0.29, 0.717) is 5.92 Å². The van der Waals surface area contributed by atoms with E-state index < -0.39 is 0 Å². The fraction of sp³-hybridized carbons (Fsp3) is 0.357. The Morgan fingerprint density at radius 3 is 2.62 bits per heavy atom. The van der Waals surface area contributed by atoms with Crippen LogP contribution < -0.4 is 5.56 Å². The van der Waals surface area contributed by atoms with Gasteiger partial charge in [0.15, 0.2) is 0 Å². The first-order valence-electron chi connectivity index (χ1n) is 5.63. The van der Waals surface area contributed by atoms with Crippen molar-refractivity contribution in [2.45, 2.75) is 20.8 Å². The molecule has 2 nitrogen and oxygen atoms in total. The molecular formula is C14H17NO. The fourth-order valence-electron chi connectivity index (χ4n) is 1.80. The van der Waals surface area contributed by atoms with Gasteiger partial charge in [-0.15, -0.1) is 0 Å². The van der Waals surface area contributed by atoms with Crippen molar-refractivity contribution in [1.82, 2.24) is 4.98 Å². The molecule has 1 aromatic rings. The summed E-state index contributed by atoms with van der Waals surface area (Å²) in [6.45, 7) is 6.56. The molecule has 1 aliphatic rings. The molecule has 0 saturated heterocycles. The van der Waals surface area contributed by atoms with E-state index >= 15 is 0 Å². The van der Waals surface area contributed by atoms with E-state index in [9.17, 15) is 4.79 Å². The minimum Gasteiger partial charge on any atom is -0.329 e. The first kappa shape index (κ1) is 10.9. The van der Waals surface area contributed by atoms with Gasteiger partial charge in [-0.1, -0.05) is 45.1 Å². The van der Waals surface area contributed by atoms with E-state index in [1.54, 1.807) is 6.20 Å². The van der Waals surface area contributed by atoms with Gasteiger partial charge in [-0.05, 0) is 17.5 Å². The number of rotatable bonds is 1. The Hall–Kier alpha value is -1.57. The molecule has 1 unspecified atom stereocenters. The number of hydrogen-bond acceptors (Lipinski definition) is 1. The zero-order valence-corrected chi connectivity index (χ0v) is 9.95. The molecule has 0 aromatic carbocycles. The predicted octanol–water partition coefficient (Wildman–Crippen LogP) is 3.08. The molecule has 0 amide bonds. The van der Waals surface area contributed by atoms with Crippen LogP contribution in [-0.4, -0.2) is 4.98 Å². The third kappa shape index (κ3) is 1.75. The second kappa shape index (κ2) is 3.78. The molecule has 0 spiro atoms. The van der Waals surface area contributed by atoms with E-state index in [-0.39, 0.29) is 11.0 Å². The van der Waals surface area contributed by atoms with Crippen LogP contribution in [0.2, 0.25) is 0 Å². The molecule has 0 saturated carbocycles. The molecular weight excluding hydrogens is 198 g/mol. The van der Waals surface area contributed by atoms with Crippen molar-refractivity contribution in [2.24, 2.45) is 11.3 Å². The van der Waals surface area contributed by atoms with Crippen LogP contribution in [0.4, 0.5) is 0 Å². The summed E-state index contributed by atoms with van der Waals surface area (Å²) in [6.07, 6.45) is 9.98. The normalized spacial score (nSPS) is 23.2. The summed E-state index contributed by atoms with van der Waals surface area (Å²) in [4.78, 5) is 14.4. The number of aromatic amines is 1. The van der Waals surface area contributed by atoms with E-state index in [4.69, 9.17) is 0 Å². The molecule has 0 bridgehead atoms. The van der Waals surface area contributed by atoms with Crippen LogP contribution in [0.25, 0.3) is 12.2 Å². The largest absolute Gasteiger partial charge is 0.329 e. The van der Waals surface area contributed by atoms with Crippen molar-refractivity contribution in [2.75, 3.05) is 0 Å². The minimum atomic E-state index is -0.0218. The van der Waals surface area contributed by atoms with Gasteiger partial charge in [0.05, 0.1) is 0 Å². The first-order valence-corrected chi connectivity index (χ1v) is 5.63. The van der Waals surface area contributed by atoms with Crippen LogP contribution >= 0.6 is 0 Å². The second-order valence-corrected chi connectivity index (χ2v) is 4.86. The van der Waals surface area contributed by atoms with Gasteiger partial charge < -0.3 is 4.98 Å². The van der Waals surface area contributed by atoms with Gasteiger partial charge in [0.2, 0.25) is 0 Å². The minimum absolute atomic E-state index is 0.0193. The van der Waals surface area contributed by atoms with Gasteiger partial charge in [-0.2, -0.15) is 0 Å². The van der Waals surface area contributed by atoms with Gasteiger partial charge in [-0.3, -0.25) is 4.79 Å². The topological polar surface area (TPSA) is 32.9 Å². The summed E-state index contributed by atoms with van der Waals surface area (Å²) in [5, 5.41) is 0. The Kier molecular flexibility index (Phi) is 2.58. The molecule has 0 aliphatic heterocycles. The Morgan fingerprint density at radius 2 is 1.94 bits per heavy atom. The van der Waals surface area contributed by atoms with Crippen LogP contribution in [-0.2, 0) is 0 Å². The van der Waals surface area contributed by atoms with Crippen LogP contribution in [0.5, 0.6) is 0 Å². The van der Waals surface area contributed by atoms with Gasteiger partial charge in [0.1, 0.15) is 0 Å². The third-order valence-electron chi connectivity index (χ3n) is 3.51. The van der Waals surface area contributed by atoms with E-state index in [0.717, 1.165) is 11.1 Å². The fourth-order valence-corrected chi connectivity index (χ4v) is 1.80. The van der Waals surface area contributed by atoms with Crippen molar-refractivity contribution in [3.63, 3.8) is 0 Å². The average Bonchev–Trinajstić information content (AvgIpc) is 2.41. The molecule has 1 atom stereocenters. The quantitative estimate of drug-likeness (QED) is 0.767. The molecule has 1 aliphatic carbocycles. The van der Waals surface area contributed by atoms with Gasteiger partial charge in [0, 0.05) is 17.2 Å². The van der Waals surface area contributed by atoms with Crippen molar-refractivity contribution in [1.29, 1.82) is 0 Å². The Morgan fingerprint density at radius 1 is 1.25 bits per heavy atom. The van der Waals surface area contributed by atoms with E-state index in [1.807, 2.05) is 18.2 Å². The maximum Gasteiger partial charge on any atom is 0.255 e. The van der Waals surface area contributed by atoms with Crippen LogP contribution in [0.3, 0.4) is 0 Å². The highest BCUT2D eigenvalue weighted by atomic mass is 16.1. The number of hydrogen-bond donors (Lipinski definition) is 1. The Labute approximate surface area is 95.7 Å². The summed E-state index contributed by atoms with van der Waals surface area (Å²) < 4.78 is 0. The molecule has 1 aromatic heterocycles. The molecule has 2 heteroatoms. The summed E-state index contributed by atoms with van der Waals surface area (Å²) in [5.74, 6) is 0.508. The lowest BCUT2D eigenvalue weighted by Crippen LogP contribution is -2.17. The molecule has 1 N–H and O–H groups in total. The van der Waals surface area contributed by atoms with E-state index in [2.05, 4.69) is 37.9 Å². The lowest BCUT2D eigenvalue weighted by Gasteiger charge is -2.26. The number of nitrogens with one attached hydrogen (secondary N) is 1. The van der Waals surface area contributed by atoms with Crippen molar-refractivity contribution in [3.05, 3.63) is 45.9 Å². The second-order valence-electron chi connectivity index (χ2n) is 4.86. The van der Waals surface area contributed by atoms with Crippen molar-refractivity contribution in [3.8, 4) is 0 Å². The monoisotopic (exact) mass is 215 g/mol. The Bertz CT molecular complexity index is 508. The molecule has 84 valence electrons. The van der Waals surface area contributed by atoms with Gasteiger partial charge >= 0.3 is 0 Å². The number of aromatic nitrogens is 1. The number of fused-ring (bicyclic) bond motifs is 1. The highest BCUT2D eigenvalue weighted by Crippen LogP contribution is 2.34. The van der Waals surface area contributed by atoms with Crippen molar-refractivity contribution >= 4 is 12.2 Å². The number of H-pyrrole nitrogens is 1. The maximum atomic E-state index is 11.7. The highest BCUT2D eigenvalue weighted by Gasteiger charge is 2.23. The van der Waals surface area contributed by atoms with Crippen LogP contribution in [0.1, 0.15) is 31.9 Å². The standard InChI is InChI=1S/C14H17NO/c1-10(2)14(3)7-4-11-6-9-15-13(16)12(11)5-8-14/h4-10H,1-3H3,(H,15,16). The lowest BCUT2D eigenvalue weighted by atomic mass is 9.79. The van der Waals surface area contributed by atoms with Crippen LogP contribution in [0, 0.1) is 11.3 Å². The van der Waals surface area contributed by atoms with Gasteiger partial charge in [-0.25, -0.2) is 0 Å². The summed E-state index contributed by atoms with van der Waals surface area (Å²) in [5.41, 5.74) is 1.74. The Balaban J connectivity index is 2.57. The zero-order chi connectivity index (χ0) is 11.8. The summed E-state index contributed by atoms with van der Waals surface area (Å²) in [7, 11) is 0. The highest BCUT2D eigenvalue weighted by molar-refractivity contribution is 5.67. The number of allylic oxidation sites excluding steroid dienone is 2. The van der Waals surface area contributed by atoms with Crippen molar-refractivity contribution < 1.29 is 0 Å². The molecule has 0 fully saturated rings. The molecule has 1 heterocycles. The smallest absolute Gasteiger partial charge is 0.255 e. The molecule has 2 rings (SSSR count). The summed E-state index contributed by atoms with van der Waals surface area (Å²) >= 11 is 0. The lowest BCUT2D eigenvalue weighted by molar-refractivity contribution is 0.387. The maximum absolute atomic E-state index is 11.7. The molecule has 0 radical (unpaired) electrons. The number of pyridine rings is 1.